The Kier molecular flexibility index (Phi) is 8.26. The molecule has 0 saturated heterocycles. The van der Waals surface area contributed by atoms with Gasteiger partial charge in [0, 0.05) is 50.6 Å². The Labute approximate surface area is 379 Å². The Hall–Kier alpha value is -6.20. The number of rotatable bonds is 3. The maximum Gasteiger partial charge on any atom is 0.252 e. The van der Waals surface area contributed by atoms with Gasteiger partial charge in [0.2, 0.25) is 0 Å². The Balaban J connectivity index is 1.16. The molecule has 0 spiro atoms. The van der Waals surface area contributed by atoms with Crippen LogP contribution in [0.25, 0.3) is 21.9 Å². The molecule has 4 nitrogen and oxygen atoms in total. The first-order valence-electron chi connectivity index (χ1n) is 23.6. The molecule has 0 radical (unpaired) electrons. The van der Waals surface area contributed by atoms with E-state index in [-0.39, 0.29) is 28.5 Å². The van der Waals surface area contributed by atoms with Crippen LogP contribution in [0.3, 0.4) is 0 Å². The van der Waals surface area contributed by atoms with E-state index in [1.807, 2.05) is 0 Å². The molecule has 7 aromatic carbocycles. The van der Waals surface area contributed by atoms with Crippen LogP contribution in [0.5, 0.6) is 0 Å². The van der Waals surface area contributed by atoms with Gasteiger partial charge < -0.3 is 19.1 Å². The largest absolute Gasteiger partial charge is 0.456 e. The summed E-state index contributed by atoms with van der Waals surface area (Å²) < 4.78 is 6.56. The van der Waals surface area contributed by atoms with Gasteiger partial charge >= 0.3 is 0 Å². The van der Waals surface area contributed by atoms with Crippen LogP contribution in [-0.4, -0.2) is 12.3 Å². The summed E-state index contributed by atoms with van der Waals surface area (Å²) in [5.41, 5.74) is 21.1. The first kappa shape index (κ1) is 39.4. The Morgan fingerprint density at radius 1 is 0.531 bits per heavy atom. The SMILES string of the molecule is Cc1cc2c3c(c1)N(c1cccc4oc5ccccc5c14)c1ccc(C(C)(C)C)cc1B3c1ccc(N3c4ccccc4C4(C)CCCCC34C)cc1N2c1ccc(C(C)(C)C)cc1. The molecule has 12 rings (SSSR count). The minimum Gasteiger partial charge on any atom is -0.456 e. The smallest absolute Gasteiger partial charge is 0.252 e. The van der Waals surface area contributed by atoms with Crippen LogP contribution in [0.2, 0.25) is 0 Å². The van der Waals surface area contributed by atoms with Gasteiger partial charge in [-0.15, -0.1) is 0 Å². The molecule has 5 heteroatoms. The molecular formula is C59H58BN3O. The second-order valence-electron chi connectivity index (χ2n) is 21.8. The van der Waals surface area contributed by atoms with Crippen molar-refractivity contribution in [3.05, 3.63) is 162 Å². The van der Waals surface area contributed by atoms with E-state index < -0.39 is 0 Å². The third-order valence-electron chi connectivity index (χ3n) is 15.9. The first-order chi connectivity index (χ1) is 30.7. The van der Waals surface area contributed by atoms with Gasteiger partial charge in [0.1, 0.15) is 11.2 Å². The van der Waals surface area contributed by atoms with E-state index in [4.69, 9.17) is 4.42 Å². The maximum atomic E-state index is 6.56. The number of hydrogen-bond acceptors (Lipinski definition) is 4. The molecule has 2 unspecified atom stereocenters. The van der Waals surface area contributed by atoms with Crippen LogP contribution in [0.1, 0.15) is 103 Å². The Bertz CT molecular complexity index is 3220. The van der Waals surface area contributed by atoms with Gasteiger partial charge in [-0.05, 0) is 143 Å². The van der Waals surface area contributed by atoms with E-state index in [2.05, 4.69) is 217 Å². The molecule has 1 saturated carbocycles. The molecule has 0 N–H and O–H groups in total. The van der Waals surface area contributed by atoms with Gasteiger partial charge in [-0.25, -0.2) is 0 Å². The lowest BCUT2D eigenvalue weighted by molar-refractivity contribution is 0.195. The van der Waals surface area contributed by atoms with Crippen LogP contribution in [0.4, 0.5) is 45.5 Å². The number of fused-ring (bicyclic) bond motifs is 10. The fourth-order valence-corrected chi connectivity index (χ4v) is 12.4. The number of aryl methyl sites for hydroxylation is 1. The minimum absolute atomic E-state index is 0.00925. The summed E-state index contributed by atoms with van der Waals surface area (Å²) in [5.74, 6) is 0. The summed E-state index contributed by atoms with van der Waals surface area (Å²) in [6.07, 6.45) is 4.89. The predicted octanol–water partition coefficient (Wildman–Crippen LogP) is 14.3. The van der Waals surface area contributed by atoms with Crippen molar-refractivity contribution in [2.75, 3.05) is 14.7 Å². The van der Waals surface area contributed by atoms with Gasteiger partial charge in [0.25, 0.3) is 6.71 Å². The lowest BCUT2D eigenvalue weighted by Gasteiger charge is -2.50. The van der Waals surface area contributed by atoms with Crippen molar-refractivity contribution in [1.29, 1.82) is 0 Å². The van der Waals surface area contributed by atoms with Gasteiger partial charge in [0.05, 0.1) is 16.6 Å². The average molecular weight is 836 g/mol. The van der Waals surface area contributed by atoms with Gasteiger partial charge in [-0.2, -0.15) is 0 Å². The molecule has 0 amide bonds. The number of furan rings is 1. The minimum atomic E-state index is -0.0451. The summed E-state index contributed by atoms with van der Waals surface area (Å²) in [7, 11) is 0. The molecule has 0 bridgehead atoms. The van der Waals surface area contributed by atoms with E-state index >= 15 is 0 Å². The normalized spacial score (nSPS) is 20.0. The maximum absolute atomic E-state index is 6.56. The monoisotopic (exact) mass is 835 g/mol. The van der Waals surface area contributed by atoms with Crippen molar-refractivity contribution >= 4 is 90.5 Å². The second-order valence-corrected chi connectivity index (χ2v) is 21.8. The number of anilines is 8. The molecular weight excluding hydrogens is 777 g/mol. The second kappa shape index (κ2) is 13.4. The van der Waals surface area contributed by atoms with Crippen molar-refractivity contribution in [2.45, 2.75) is 110 Å². The van der Waals surface area contributed by atoms with Crippen molar-refractivity contribution < 1.29 is 4.42 Å². The number of hydrogen-bond donors (Lipinski definition) is 0. The van der Waals surface area contributed by atoms with Crippen LogP contribution in [-0.2, 0) is 16.2 Å². The summed E-state index contributed by atoms with van der Waals surface area (Å²) >= 11 is 0. The summed E-state index contributed by atoms with van der Waals surface area (Å²) in [5, 5.41) is 2.27. The number of benzene rings is 7. The molecule has 2 atom stereocenters. The lowest BCUT2D eigenvalue weighted by Crippen LogP contribution is -2.61. The molecule has 1 fully saturated rings. The van der Waals surface area contributed by atoms with E-state index in [9.17, 15) is 0 Å². The highest BCUT2D eigenvalue weighted by molar-refractivity contribution is 7.00. The van der Waals surface area contributed by atoms with Crippen molar-refractivity contribution in [2.24, 2.45) is 0 Å². The third-order valence-corrected chi connectivity index (χ3v) is 15.9. The van der Waals surface area contributed by atoms with Gasteiger partial charge in [-0.1, -0.05) is 134 Å². The highest BCUT2D eigenvalue weighted by Gasteiger charge is 2.57. The predicted molar refractivity (Wildman–Crippen MR) is 273 cm³/mol. The quantitative estimate of drug-likeness (QED) is 0.165. The van der Waals surface area contributed by atoms with Gasteiger partial charge in [-0.3, -0.25) is 0 Å². The lowest BCUT2D eigenvalue weighted by atomic mass is 9.33. The molecule has 4 aliphatic rings. The standard InChI is InChI=1S/C59H58BN3O/c1-37-33-50-55-51(34-37)62(48-20-16-22-53-54(48)42-17-10-13-21-52(42)64-53)47-30-25-39(57(5,6)7)35-45(47)60(55)44-29-28-41(36-49(44)61(50)40-26-23-38(24-27-40)56(2,3)4)63-46-19-12-11-18-43(46)58(8)31-14-15-32-59(58,63)9/h10-13,16-30,33-36H,14-15,31-32H2,1-9H3. The van der Waals surface area contributed by atoms with Crippen LogP contribution < -0.4 is 31.1 Å². The van der Waals surface area contributed by atoms with E-state index in [1.54, 1.807) is 0 Å². The van der Waals surface area contributed by atoms with E-state index in [0.29, 0.717) is 0 Å². The number of para-hydroxylation sites is 2. The molecule has 8 aromatic rings. The number of nitrogens with zero attached hydrogens (tertiary/aromatic N) is 3. The van der Waals surface area contributed by atoms with Crippen molar-refractivity contribution in [3.63, 3.8) is 0 Å². The van der Waals surface area contributed by atoms with Crippen LogP contribution in [0.15, 0.2) is 144 Å². The Morgan fingerprint density at radius 3 is 1.97 bits per heavy atom. The molecule has 1 aromatic heterocycles. The van der Waals surface area contributed by atoms with Gasteiger partial charge in [0.15, 0.2) is 0 Å². The van der Waals surface area contributed by atoms with Crippen LogP contribution in [0, 0.1) is 6.92 Å². The summed E-state index contributed by atoms with van der Waals surface area (Å²) in [6, 6.07) is 53.4. The molecule has 318 valence electrons. The molecule has 64 heavy (non-hydrogen) atoms. The highest BCUT2D eigenvalue weighted by Crippen LogP contribution is 2.61. The molecule has 4 heterocycles. The topological polar surface area (TPSA) is 22.9 Å². The zero-order valence-corrected chi connectivity index (χ0v) is 38.9. The van der Waals surface area contributed by atoms with E-state index in [1.165, 1.54) is 104 Å². The average Bonchev–Trinajstić information content (AvgIpc) is 3.75. The first-order valence-corrected chi connectivity index (χ1v) is 23.6. The highest BCUT2D eigenvalue weighted by atomic mass is 16.3. The zero-order valence-electron chi connectivity index (χ0n) is 38.9. The van der Waals surface area contributed by atoms with Crippen molar-refractivity contribution in [1.82, 2.24) is 0 Å². The van der Waals surface area contributed by atoms with E-state index in [0.717, 1.165) is 27.6 Å². The van der Waals surface area contributed by atoms with Crippen molar-refractivity contribution in [3.8, 4) is 0 Å². The Morgan fingerprint density at radius 2 is 1.19 bits per heavy atom. The molecule has 3 aliphatic heterocycles. The van der Waals surface area contributed by atoms with Crippen LogP contribution >= 0.6 is 0 Å². The summed E-state index contributed by atoms with van der Waals surface area (Å²) in [6.45, 7) is 21.3. The summed E-state index contributed by atoms with van der Waals surface area (Å²) in [4.78, 5) is 7.90. The fraction of sp³-hybridized carbons (Fsp3) is 0.288. The zero-order chi connectivity index (χ0) is 44.1. The fourth-order valence-electron chi connectivity index (χ4n) is 12.4. The third kappa shape index (κ3) is 5.42. The molecule has 1 aliphatic carbocycles.